The number of nitrogens with one attached hydrogen (secondary N) is 2. The van der Waals surface area contributed by atoms with Crippen molar-refractivity contribution in [2.24, 2.45) is 0 Å². The molecule has 0 bridgehead atoms. The van der Waals surface area contributed by atoms with Crippen molar-refractivity contribution in [3.63, 3.8) is 0 Å². The maximum atomic E-state index is 12.9. The van der Waals surface area contributed by atoms with Crippen molar-refractivity contribution in [2.75, 3.05) is 39.9 Å². The lowest BCUT2D eigenvalue weighted by Crippen LogP contribution is -2.23. The molecule has 2 aromatic carbocycles. The molecule has 3 N–H and O–H groups in total. The van der Waals surface area contributed by atoms with Crippen LogP contribution in [0.2, 0.25) is 0 Å². The van der Waals surface area contributed by atoms with E-state index in [0.717, 1.165) is 5.56 Å². The number of hydrogen-bond donors (Lipinski definition) is 3. The third-order valence-electron chi connectivity index (χ3n) is 5.11. The standard InChI is InChI=1S/C23H26N4O6/c1-27(12-13-6-5-7-14(10-13)19(24)16(29)8-9-28)23-25-15-11-17(31-2)20(32-3)21(33-4)18(15)22(30)26-23/h5-7,10-11,24,28H,8-9,12H2,1-4H3,(H,25,26,30). The van der Waals surface area contributed by atoms with Gasteiger partial charge in [-0.05, 0) is 11.6 Å². The quantitative estimate of drug-likeness (QED) is 0.395. The molecule has 0 aliphatic heterocycles. The molecule has 3 rings (SSSR count). The maximum Gasteiger partial charge on any atom is 0.286 e. The van der Waals surface area contributed by atoms with Crippen LogP contribution in [-0.2, 0) is 11.3 Å². The Labute approximate surface area is 190 Å². The van der Waals surface area contributed by atoms with Gasteiger partial charge in [0.05, 0.1) is 33.5 Å². The second kappa shape index (κ2) is 10.1. The van der Waals surface area contributed by atoms with Crippen LogP contribution < -0.4 is 24.7 Å². The number of carbonyl (C=O) groups is 1. The fraction of sp³-hybridized carbons (Fsp3) is 0.304. The number of ether oxygens (including phenoxy) is 3. The van der Waals surface area contributed by atoms with Crippen LogP contribution in [0.1, 0.15) is 17.5 Å². The zero-order valence-electron chi connectivity index (χ0n) is 18.9. The first-order chi connectivity index (χ1) is 15.8. The molecule has 174 valence electrons. The van der Waals surface area contributed by atoms with Crippen LogP contribution >= 0.6 is 0 Å². The molecule has 0 amide bonds. The number of Topliss-reactive ketones (excluding diaryl/α,β-unsaturated/α-hetero) is 1. The van der Waals surface area contributed by atoms with E-state index in [9.17, 15) is 9.59 Å². The van der Waals surface area contributed by atoms with Gasteiger partial charge >= 0.3 is 0 Å². The first kappa shape index (κ1) is 23.7. The molecule has 10 nitrogen and oxygen atoms in total. The number of anilines is 1. The van der Waals surface area contributed by atoms with E-state index in [2.05, 4.69) is 9.97 Å². The van der Waals surface area contributed by atoms with E-state index in [1.807, 2.05) is 6.07 Å². The number of aromatic nitrogens is 2. The number of benzene rings is 2. The molecule has 0 saturated heterocycles. The van der Waals surface area contributed by atoms with Crippen LogP contribution in [0.3, 0.4) is 0 Å². The van der Waals surface area contributed by atoms with E-state index < -0.39 is 11.3 Å². The second-order valence-electron chi connectivity index (χ2n) is 7.26. The normalized spacial score (nSPS) is 10.7. The molecule has 0 aliphatic carbocycles. The average Bonchev–Trinajstić information content (AvgIpc) is 2.82. The van der Waals surface area contributed by atoms with E-state index in [1.54, 1.807) is 36.2 Å². The summed E-state index contributed by atoms with van der Waals surface area (Å²) in [6.45, 7) is 0.0558. The molecule has 33 heavy (non-hydrogen) atoms. The topological polar surface area (TPSA) is 138 Å². The van der Waals surface area contributed by atoms with Crippen molar-refractivity contribution in [3.8, 4) is 17.2 Å². The summed E-state index contributed by atoms with van der Waals surface area (Å²) >= 11 is 0. The summed E-state index contributed by atoms with van der Waals surface area (Å²) in [4.78, 5) is 33.8. The number of aromatic amines is 1. The van der Waals surface area contributed by atoms with E-state index in [0.29, 0.717) is 35.1 Å². The minimum atomic E-state index is -0.492. The molecular formula is C23H26N4O6. The summed E-state index contributed by atoms with van der Waals surface area (Å²) in [5.74, 6) is 0.820. The van der Waals surface area contributed by atoms with Crippen LogP contribution in [0, 0.1) is 5.41 Å². The van der Waals surface area contributed by atoms with Gasteiger partial charge in [-0.2, -0.15) is 4.98 Å². The van der Waals surface area contributed by atoms with Gasteiger partial charge in [-0.25, -0.2) is 0 Å². The fourth-order valence-corrected chi connectivity index (χ4v) is 3.51. The van der Waals surface area contributed by atoms with Crippen LogP contribution in [0.5, 0.6) is 17.2 Å². The molecule has 0 atom stereocenters. The average molecular weight is 454 g/mol. The molecule has 0 fully saturated rings. The molecule has 1 heterocycles. The first-order valence-corrected chi connectivity index (χ1v) is 10.1. The minimum absolute atomic E-state index is 0.0943. The molecular weight excluding hydrogens is 428 g/mol. The lowest BCUT2D eigenvalue weighted by Gasteiger charge is -2.20. The Hall–Kier alpha value is -3.92. The summed E-state index contributed by atoms with van der Waals surface area (Å²) in [5, 5.41) is 17.2. The Morgan fingerprint density at radius 1 is 1.15 bits per heavy atom. The number of hydrogen-bond acceptors (Lipinski definition) is 9. The van der Waals surface area contributed by atoms with Gasteiger partial charge in [0.2, 0.25) is 11.7 Å². The Kier molecular flexibility index (Phi) is 7.29. The van der Waals surface area contributed by atoms with Gasteiger partial charge in [0.1, 0.15) is 11.1 Å². The summed E-state index contributed by atoms with van der Waals surface area (Å²) in [5.41, 5.74) is 1.09. The van der Waals surface area contributed by atoms with Gasteiger partial charge in [0.25, 0.3) is 5.56 Å². The third-order valence-corrected chi connectivity index (χ3v) is 5.11. The number of nitrogens with zero attached hydrogens (tertiary/aromatic N) is 2. The maximum absolute atomic E-state index is 12.9. The summed E-state index contributed by atoms with van der Waals surface area (Å²) in [7, 11) is 6.15. The predicted octanol–water partition coefficient (Wildman–Crippen LogP) is 1.90. The van der Waals surface area contributed by atoms with Crippen molar-refractivity contribution < 1.29 is 24.1 Å². The van der Waals surface area contributed by atoms with E-state index in [-0.39, 0.29) is 29.9 Å². The lowest BCUT2D eigenvalue weighted by atomic mass is 10.0. The van der Waals surface area contributed by atoms with Crippen LogP contribution in [0.25, 0.3) is 10.9 Å². The number of ketones is 1. The smallest absolute Gasteiger partial charge is 0.286 e. The Bertz CT molecular complexity index is 1250. The van der Waals surface area contributed by atoms with Crippen molar-refractivity contribution in [2.45, 2.75) is 13.0 Å². The van der Waals surface area contributed by atoms with Crippen molar-refractivity contribution in [1.29, 1.82) is 5.41 Å². The van der Waals surface area contributed by atoms with Gasteiger partial charge in [-0.3, -0.25) is 15.0 Å². The van der Waals surface area contributed by atoms with Crippen molar-refractivity contribution in [3.05, 3.63) is 51.8 Å². The molecule has 0 aliphatic rings. The highest BCUT2D eigenvalue weighted by Gasteiger charge is 2.21. The number of carbonyl (C=O) groups excluding carboxylic acids is 1. The predicted molar refractivity (Wildman–Crippen MR) is 124 cm³/mol. The second-order valence-corrected chi connectivity index (χ2v) is 7.26. The van der Waals surface area contributed by atoms with Gasteiger partial charge in [-0.1, -0.05) is 18.2 Å². The molecule has 0 spiro atoms. The van der Waals surface area contributed by atoms with Gasteiger partial charge in [0.15, 0.2) is 17.3 Å². The van der Waals surface area contributed by atoms with E-state index in [1.165, 1.54) is 21.3 Å². The molecule has 0 radical (unpaired) electrons. The Balaban J connectivity index is 1.96. The van der Waals surface area contributed by atoms with Gasteiger partial charge < -0.3 is 29.2 Å². The zero-order chi connectivity index (χ0) is 24.1. The molecule has 0 saturated carbocycles. The fourth-order valence-electron chi connectivity index (χ4n) is 3.51. The molecule has 10 heteroatoms. The van der Waals surface area contributed by atoms with Crippen LogP contribution in [-0.4, -0.2) is 61.6 Å². The number of methoxy groups -OCH3 is 3. The van der Waals surface area contributed by atoms with Gasteiger partial charge in [0, 0.05) is 31.6 Å². The lowest BCUT2D eigenvalue weighted by molar-refractivity contribution is -0.113. The monoisotopic (exact) mass is 454 g/mol. The summed E-state index contributed by atoms with van der Waals surface area (Å²) in [6, 6.07) is 8.64. The Morgan fingerprint density at radius 2 is 1.88 bits per heavy atom. The summed E-state index contributed by atoms with van der Waals surface area (Å²) < 4.78 is 16.1. The van der Waals surface area contributed by atoms with Gasteiger partial charge in [-0.15, -0.1) is 0 Å². The zero-order valence-corrected chi connectivity index (χ0v) is 18.9. The minimum Gasteiger partial charge on any atom is -0.493 e. The van der Waals surface area contributed by atoms with Crippen LogP contribution in [0.15, 0.2) is 35.1 Å². The van der Waals surface area contributed by atoms with E-state index >= 15 is 0 Å². The third kappa shape index (κ3) is 4.80. The summed E-state index contributed by atoms with van der Waals surface area (Å²) in [6.07, 6.45) is -0.0943. The van der Waals surface area contributed by atoms with Crippen molar-refractivity contribution >= 4 is 28.3 Å². The van der Waals surface area contributed by atoms with Crippen molar-refractivity contribution in [1.82, 2.24) is 9.97 Å². The number of rotatable bonds is 10. The highest BCUT2D eigenvalue weighted by atomic mass is 16.5. The first-order valence-electron chi connectivity index (χ1n) is 10.1. The largest absolute Gasteiger partial charge is 0.493 e. The molecule has 3 aromatic rings. The van der Waals surface area contributed by atoms with E-state index in [4.69, 9.17) is 24.7 Å². The molecule has 1 aromatic heterocycles. The SMILES string of the molecule is COc1cc2[nH]c(N(C)Cc3cccc(C(=N)C(=O)CCO)c3)nc(=O)c2c(OC)c1OC. The highest BCUT2D eigenvalue weighted by Crippen LogP contribution is 2.41. The Morgan fingerprint density at radius 3 is 2.52 bits per heavy atom. The number of H-pyrrole nitrogens is 1. The highest BCUT2D eigenvalue weighted by molar-refractivity contribution is 6.44. The number of fused-ring (bicyclic) bond motifs is 1. The number of aliphatic hydroxyl groups is 1. The number of aliphatic hydroxyl groups excluding tert-OH is 1. The molecule has 0 unspecified atom stereocenters. The van der Waals surface area contributed by atoms with Crippen LogP contribution in [0.4, 0.5) is 5.95 Å².